The Bertz CT molecular complexity index is 2800. The average molecular weight is 698 g/mol. The van der Waals surface area contributed by atoms with Gasteiger partial charge in [0, 0.05) is 43.7 Å². The van der Waals surface area contributed by atoms with Gasteiger partial charge in [-0.05, 0) is 104 Å². The first-order valence-electron chi connectivity index (χ1n) is 17.8. The van der Waals surface area contributed by atoms with Crippen molar-refractivity contribution in [1.82, 2.24) is 0 Å². The van der Waals surface area contributed by atoms with Gasteiger partial charge in [0.25, 0.3) is 0 Å². The average Bonchev–Trinajstić information content (AvgIpc) is 3.72. The normalized spacial score (nSPS) is 13.5. The van der Waals surface area contributed by atoms with Crippen molar-refractivity contribution in [2.45, 2.75) is 9.79 Å². The third kappa shape index (κ3) is 4.25. The number of benzene rings is 8. The van der Waals surface area contributed by atoms with Crippen LogP contribution in [0.5, 0.6) is 0 Å². The van der Waals surface area contributed by atoms with E-state index in [-0.39, 0.29) is 0 Å². The third-order valence-electron chi connectivity index (χ3n) is 10.9. The van der Waals surface area contributed by atoms with Crippen LogP contribution in [0.4, 0.5) is 17.1 Å². The van der Waals surface area contributed by atoms with E-state index in [2.05, 4.69) is 193 Å². The van der Waals surface area contributed by atoms with E-state index in [1.807, 2.05) is 11.8 Å². The van der Waals surface area contributed by atoms with Crippen LogP contribution in [0, 0.1) is 0 Å². The molecule has 4 heteroatoms. The van der Waals surface area contributed by atoms with Crippen LogP contribution < -0.4 is 25.6 Å². The van der Waals surface area contributed by atoms with E-state index in [4.69, 9.17) is 4.42 Å². The van der Waals surface area contributed by atoms with Gasteiger partial charge in [-0.3, -0.25) is 0 Å². The van der Waals surface area contributed by atoms with Gasteiger partial charge in [-0.25, -0.2) is 0 Å². The number of hydrogen-bond donors (Lipinski definition) is 0. The van der Waals surface area contributed by atoms with E-state index in [0.717, 1.165) is 44.6 Å². The molecule has 0 radical (unpaired) electrons. The maximum Gasteiger partial charge on any atom is 0.183 e. The maximum atomic E-state index is 6.64. The summed E-state index contributed by atoms with van der Waals surface area (Å²) in [6, 6.07) is 69.1. The van der Waals surface area contributed by atoms with Gasteiger partial charge in [0.15, 0.2) is 8.07 Å². The minimum atomic E-state index is -2.65. The van der Waals surface area contributed by atoms with Crippen molar-refractivity contribution in [3.05, 3.63) is 188 Å². The molecular formula is C48H31NOSSi. The fourth-order valence-electron chi connectivity index (χ4n) is 8.72. The SMILES string of the molecule is c1ccc(-c2ccc3c(c2)oc2cc(N(c4ccccc4)c4ccc5c(c4)[Si]4(c6ccccc6Sc6ccccc64)c4ccccc4-5)ccc23)cc1. The van der Waals surface area contributed by atoms with E-state index in [1.165, 1.54) is 47.2 Å². The molecule has 1 spiro atoms. The molecular weight excluding hydrogens is 667 g/mol. The highest BCUT2D eigenvalue weighted by molar-refractivity contribution is 8.00. The highest BCUT2D eigenvalue weighted by atomic mass is 32.2. The Morgan fingerprint density at radius 1 is 0.385 bits per heavy atom. The molecule has 3 heterocycles. The first-order valence-corrected chi connectivity index (χ1v) is 20.6. The van der Waals surface area contributed by atoms with Crippen molar-refractivity contribution in [3.8, 4) is 22.3 Å². The largest absolute Gasteiger partial charge is 0.456 e. The summed E-state index contributed by atoms with van der Waals surface area (Å²) in [6.07, 6.45) is 0. The van der Waals surface area contributed by atoms with E-state index >= 15 is 0 Å². The number of nitrogens with zero attached hydrogens (tertiary/aromatic N) is 1. The Morgan fingerprint density at radius 3 is 1.69 bits per heavy atom. The molecule has 0 saturated heterocycles. The van der Waals surface area contributed by atoms with Gasteiger partial charge >= 0.3 is 0 Å². The lowest BCUT2D eigenvalue weighted by Gasteiger charge is -2.38. The van der Waals surface area contributed by atoms with Gasteiger partial charge in [0.2, 0.25) is 0 Å². The summed E-state index contributed by atoms with van der Waals surface area (Å²) in [6.45, 7) is 0. The summed E-state index contributed by atoms with van der Waals surface area (Å²) in [5, 5.41) is 8.13. The quantitative estimate of drug-likeness (QED) is 0.170. The lowest BCUT2D eigenvalue weighted by Crippen LogP contribution is -2.74. The molecule has 0 bridgehead atoms. The van der Waals surface area contributed by atoms with Crippen molar-refractivity contribution >= 4 is 79.6 Å². The van der Waals surface area contributed by atoms with Crippen molar-refractivity contribution in [3.63, 3.8) is 0 Å². The zero-order valence-corrected chi connectivity index (χ0v) is 30.0. The summed E-state index contributed by atoms with van der Waals surface area (Å²) < 4.78 is 6.64. The second-order valence-corrected chi connectivity index (χ2v) is 18.4. The Balaban J connectivity index is 1.13. The summed E-state index contributed by atoms with van der Waals surface area (Å²) in [4.78, 5) is 5.13. The first kappa shape index (κ1) is 29.6. The van der Waals surface area contributed by atoms with Crippen LogP contribution in [0.15, 0.2) is 202 Å². The molecule has 0 unspecified atom stereocenters. The van der Waals surface area contributed by atoms with Gasteiger partial charge in [0.05, 0.1) is 0 Å². The lowest BCUT2D eigenvalue weighted by atomic mass is 10.0. The number of rotatable bonds is 4. The number of hydrogen-bond acceptors (Lipinski definition) is 3. The lowest BCUT2D eigenvalue weighted by molar-refractivity contribution is 0.669. The zero-order valence-electron chi connectivity index (χ0n) is 28.2. The number of para-hydroxylation sites is 1. The third-order valence-corrected chi connectivity index (χ3v) is 17.4. The summed E-state index contributed by atoms with van der Waals surface area (Å²) >= 11 is 1.91. The van der Waals surface area contributed by atoms with Crippen LogP contribution in [0.3, 0.4) is 0 Å². The predicted octanol–water partition coefficient (Wildman–Crippen LogP) is 10.5. The highest BCUT2D eigenvalue weighted by Crippen LogP contribution is 2.42. The molecule has 2 nitrogen and oxygen atoms in total. The maximum absolute atomic E-state index is 6.64. The molecule has 0 saturated carbocycles. The van der Waals surface area contributed by atoms with Gasteiger partial charge < -0.3 is 9.32 Å². The molecule has 52 heavy (non-hydrogen) atoms. The summed E-state index contributed by atoms with van der Waals surface area (Å²) in [5.74, 6) is 0. The van der Waals surface area contributed by atoms with Crippen LogP contribution in [0.25, 0.3) is 44.2 Å². The number of anilines is 3. The molecule has 8 aromatic carbocycles. The van der Waals surface area contributed by atoms with Gasteiger partial charge in [-0.1, -0.05) is 133 Å². The molecule has 0 atom stereocenters. The zero-order chi connectivity index (χ0) is 34.2. The fourth-order valence-corrected chi connectivity index (χ4v) is 16.1. The Kier molecular flexibility index (Phi) is 6.54. The Labute approximate surface area is 307 Å². The minimum absolute atomic E-state index is 0.880. The molecule has 0 aliphatic carbocycles. The molecule has 0 amide bonds. The Morgan fingerprint density at radius 2 is 0.942 bits per heavy atom. The van der Waals surface area contributed by atoms with Crippen molar-refractivity contribution < 1.29 is 4.42 Å². The number of furan rings is 1. The predicted molar refractivity (Wildman–Crippen MR) is 221 cm³/mol. The second-order valence-electron chi connectivity index (χ2n) is 13.7. The van der Waals surface area contributed by atoms with Gasteiger partial charge in [-0.15, -0.1) is 0 Å². The van der Waals surface area contributed by atoms with Crippen molar-refractivity contribution in [1.29, 1.82) is 0 Å². The van der Waals surface area contributed by atoms with Crippen molar-refractivity contribution in [2.75, 3.05) is 4.90 Å². The molecule has 0 fully saturated rings. The van der Waals surface area contributed by atoms with E-state index < -0.39 is 8.07 Å². The smallest absolute Gasteiger partial charge is 0.183 e. The van der Waals surface area contributed by atoms with Crippen molar-refractivity contribution in [2.24, 2.45) is 0 Å². The molecule has 9 aromatic rings. The van der Waals surface area contributed by atoms with E-state index in [1.54, 1.807) is 0 Å². The highest BCUT2D eigenvalue weighted by Gasteiger charge is 2.52. The van der Waals surface area contributed by atoms with Crippen LogP contribution in [0.1, 0.15) is 0 Å². The fraction of sp³-hybridized carbons (Fsp3) is 0. The molecule has 2 aliphatic rings. The van der Waals surface area contributed by atoms with Crippen LogP contribution in [0.2, 0.25) is 0 Å². The second kappa shape index (κ2) is 11.5. The summed E-state index contributed by atoms with van der Waals surface area (Å²) in [5.41, 5.74) is 10.1. The number of fused-ring (bicyclic) bond motifs is 12. The molecule has 1 aromatic heterocycles. The summed E-state index contributed by atoms with van der Waals surface area (Å²) in [7, 11) is -2.65. The standard InChI is InChI=1S/C48H31NOSSi/c1-3-13-32(14-4-1)33-23-26-37-38-27-24-35(30-42(38)50-41(37)29-33)49(34-15-5-2-6-16-34)36-25-28-40-39-17-7-10-20-45(39)52(48(40)31-36)46-21-11-8-18-43(46)51-44-19-9-12-22-47(44)52/h1-31H. The molecule has 244 valence electrons. The van der Waals surface area contributed by atoms with Crippen LogP contribution in [-0.2, 0) is 0 Å². The van der Waals surface area contributed by atoms with Crippen LogP contribution >= 0.6 is 11.8 Å². The monoisotopic (exact) mass is 697 g/mol. The van der Waals surface area contributed by atoms with Crippen LogP contribution in [-0.4, -0.2) is 8.07 Å². The molecule has 11 rings (SSSR count). The molecule has 0 N–H and O–H groups in total. The van der Waals surface area contributed by atoms with E-state index in [0.29, 0.717) is 0 Å². The molecule has 2 aliphatic heterocycles. The van der Waals surface area contributed by atoms with Gasteiger partial charge in [0.1, 0.15) is 11.2 Å². The topological polar surface area (TPSA) is 16.4 Å². The Hall–Kier alpha value is -6.07. The first-order chi connectivity index (χ1) is 25.8. The van der Waals surface area contributed by atoms with E-state index in [9.17, 15) is 0 Å². The minimum Gasteiger partial charge on any atom is -0.456 e. The van der Waals surface area contributed by atoms with Gasteiger partial charge in [-0.2, -0.15) is 0 Å².